The van der Waals surface area contributed by atoms with E-state index in [0.717, 1.165) is 59.1 Å². The Balaban J connectivity index is 1.24. The van der Waals surface area contributed by atoms with Crippen LogP contribution < -0.4 is 0 Å². The van der Waals surface area contributed by atoms with E-state index in [1.807, 2.05) is 24.4 Å². The molecule has 0 radical (unpaired) electrons. The fraction of sp³-hybridized carbons (Fsp3) is 0.179. The zero-order valence-corrected chi connectivity index (χ0v) is 20.1. The maximum absolute atomic E-state index is 4.89. The Hall–Kier alpha value is -3.84. The predicted molar refractivity (Wildman–Crippen MR) is 143 cm³/mol. The average molecular weight is 479 g/mol. The van der Waals surface area contributed by atoms with Crippen LogP contribution in [0, 0.1) is 0 Å². The molecule has 0 amide bonds. The first-order valence-electron chi connectivity index (χ1n) is 11.9. The van der Waals surface area contributed by atoms with Gasteiger partial charge < -0.3 is 14.5 Å². The number of fused-ring (bicyclic) bond motifs is 2. The summed E-state index contributed by atoms with van der Waals surface area (Å²) in [5.41, 5.74) is 5.67. The molecule has 0 unspecified atom stereocenters. The molecule has 2 N–H and O–H groups in total. The summed E-state index contributed by atoms with van der Waals surface area (Å²) in [6.07, 6.45) is 9.14. The molecule has 0 atom stereocenters. The van der Waals surface area contributed by atoms with Gasteiger partial charge in [-0.05, 0) is 54.7 Å². The van der Waals surface area contributed by atoms with Crippen LogP contribution in [0.1, 0.15) is 17.5 Å². The number of para-hydroxylation sites is 2. The zero-order valence-electron chi connectivity index (χ0n) is 19.3. The molecule has 0 saturated heterocycles. The lowest BCUT2D eigenvalue weighted by Crippen LogP contribution is -2.05. The van der Waals surface area contributed by atoms with Gasteiger partial charge in [-0.25, -0.2) is 4.98 Å². The molecule has 0 aliphatic rings. The van der Waals surface area contributed by atoms with E-state index in [1.165, 1.54) is 22.0 Å². The second-order valence-corrected chi connectivity index (χ2v) is 9.69. The van der Waals surface area contributed by atoms with Crippen molar-refractivity contribution < 1.29 is 0 Å². The van der Waals surface area contributed by atoms with Gasteiger partial charge in [-0.3, -0.25) is 0 Å². The maximum atomic E-state index is 4.89. The van der Waals surface area contributed by atoms with Gasteiger partial charge in [-0.1, -0.05) is 54.2 Å². The van der Waals surface area contributed by atoms with Crippen LogP contribution >= 0.6 is 11.8 Å². The quantitative estimate of drug-likeness (QED) is 0.240. The van der Waals surface area contributed by atoms with E-state index in [4.69, 9.17) is 4.98 Å². The van der Waals surface area contributed by atoms with Crippen molar-refractivity contribution in [2.75, 3.05) is 5.75 Å². The largest absolute Gasteiger partial charge is 0.367 e. The van der Waals surface area contributed by atoms with Crippen LogP contribution in [-0.4, -0.2) is 35.5 Å². The Labute approximate surface area is 207 Å². The molecule has 35 heavy (non-hydrogen) atoms. The van der Waals surface area contributed by atoms with Gasteiger partial charge in [0.05, 0.1) is 5.52 Å². The lowest BCUT2D eigenvalue weighted by atomic mass is 10.1. The first-order valence-corrected chi connectivity index (χ1v) is 12.9. The van der Waals surface area contributed by atoms with Crippen molar-refractivity contribution in [3.8, 4) is 11.5 Å². The molecular weight excluding hydrogens is 452 g/mol. The van der Waals surface area contributed by atoms with E-state index in [2.05, 4.69) is 85.7 Å². The van der Waals surface area contributed by atoms with Crippen LogP contribution in [0.15, 0.2) is 90.5 Å². The minimum absolute atomic E-state index is 0.833. The minimum atomic E-state index is 0.833. The second kappa shape index (κ2) is 9.80. The Kier molecular flexibility index (Phi) is 6.07. The molecule has 6 aromatic rings. The molecule has 0 aliphatic heterocycles. The van der Waals surface area contributed by atoms with E-state index in [-0.39, 0.29) is 0 Å². The van der Waals surface area contributed by atoms with Crippen LogP contribution in [-0.2, 0) is 19.4 Å². The molecule has 2 aromatic carbocycles. The van der Waals surface area contributed by atoms with Crippen molar-refractivity contribution in [3.63, 3.8) is 0 Å². The number of benzene rings is 2. The van der Waals surface area contributed by atoms with Crippen molar-refractivity contribution in [1.82, 2.24) is 29.7 Å². The summed E-state index contributed by atoms with van der Waals surface area (Å²) in [5, 5.41) is 12.6. The number of nitrogens with zero attached hydrogens (tertiary/aromatic N) is 4. The van der Waals surface area contributed by atoms with E-state index >= 15 is 0 Å². The summed E-state index contributed by atoms with van der Waals surface area (Å²) in [5.74, 6) is 1.77. The lowest BCUT2D eigenvalue weighted by molar-refractivity contribution is 0.599. The van der Waals surface area contributed by atoms with Gasteiger partial charge in [0.2, 0.25) is 0 Å². The standard InChI is InChI=1S/C28H26N6S/c1-3-9-24-21(7-1)11-12-26(31-24)27-32-33-28(34(27)16-5-6-20-13-15-29-18-20)35-17-14-22-19-30-25-10-4-2-8-23(22)25/h1-4,7-13,15,18-19,29-30H,5-6,14,16-17H2. The number of pyridine rings is 1. The SMILES string of the molecule is c1ccc2nc(-c3nnc(SCCc4c[nH]c5ccccc45)n3CCCc3cc[nH]c3)ccc2c1. The molecule has 0 aliphatic carbocycles. The Morgan fingerprint density at radius 1 is 0.857 bits per heavy atom. The number of hydrogen-bond donors (Lipinski definition) is 2. The summed E-state index contributed by atoms with van der Waals surface area (Å²) >= 11 is 1.76. The molecule has 174 valence electrons. The van der Waals surface area contributed by atoms with Gasteiger partial charge in [-0.15, -0.1) is 10.2 Å². The van der Waals surface area contributed by atoms with Crippen LogP contribution in [0.5, 0.6) is 0 Å². The fourth-order valence-electron chi connectivity index (χ4n) is 4.52. The van der Waals surface area contributed by atoms with Crippen molar-refractivity contribution in [1.29, 1.82) is 0 Å². The van der Waals surface area contributed by atoms with Crippen LogP contribution in [0.4, 0.5) is 0 Å². The summed E-state index contributed by atoms with van der Waals surface area (Å²) in [4.78, 5) is 11.4. The summed E-state index contributed by atoms with van der Waals surface area (Å²) in [6.45, 7) is 0.845. The number of nitrogens with one attached hydrogen (secondary N) is 2. The predicted octanol–water partition coefficient (Wildman–Crippen LogP) is 6.27. The Morgan fingerprint density at radius 2 is 1.77 bits per heavy atom. The third kappa shape index (κ3) is 4.59. The van der Waals surface area contributed by atoms with E-state index in [9.17, 15) is 0 Å². The van der Waals surface area contributed by atoms with Crippen molar-refractivity contribution in [3.05, 3.63) is 96.4 Å². The normalized spacial score (nSPS) is 11.5. The molecule has 4 heterocycles. The molecular formula is C28H26N6S. The first-order chi connectivity index (χ1) is 17.3. The van der Waals surface area contributed by atoms with Crippen LogP contribution in [0.2, 0.25) is 0 Å². The number of hydrogen-bond acceptors (Lipinski definition) is 4. The topological polar surface area (TPSA) is 75.2 Å². The number of rotatable bonds is 9. The third-order valence-electron chi connectivity index (χ3n) is 6.33. The summed E-state index contributed by atoms with van der Waals surface area (Å²) in [7, 11) is 0. The Morgan fingerprint density at radius 3 is 2.71 bits per heavy atom. The maximum Gasteiger partial charge on any atom is 0.191 e. The zero-order chi connectivity index (χ0) is 23.5. The molecule has 6 nitrogen and oxygen atoms in total. The van der Waals surface area contributed by atoms with Gasteiger partial charge in [0.15, 0.2) is 11.0 Å². The number of aromatic nitrogens is 6. The lowest BCUT2D eigenvalue weighted by Gasteiger charge is -2.10. The number of thioether (sulfide) groups is 1. The molecule has 6 rings (SSSR count). The molecule has 0 fully saturated rings. The van der Waals surface area contributed by atoms with Crippen molar-refractivity contribution in [2.45, 2.75) is 31.0 Å². The monoisotopic (exact) mass is 478 g/mol. The fourth-order valence-corrected chi connectivity index (χ4v) is 5.46. The highest BCUT2D eigenvalue weighted by atomic mass is 32.2. The second-order valence-electron chi connectivity index (χ2n) is 8.63. The van der Waals surface area contributed by atoms with E-state index in [1.54, 1.807) is 11.8 Å². The smallest absolute Gasteiger partial charge is 0.191 e. The number of H-pyrrole nitrogens is 2. The van der Waals surface area contributed by atoms with Crippen molar-refractivity contribution in [2.24, 2.45) is 0 Å². The van der Waals surface area contributed by atoms with E-state index in [0.29, 0.717) is 0 Å². The van der Waals surface area contributed by atoms with Crippen molar-refractivity contribution >= 4 is 33.6 Å². The molecule has 0 spiro atoms. The minimum Gasteiger partial charge on any atom is -0.367 e. The third-order valence-corrected chi connectivity index (χ3v) is 7.30. The molecule has 7 heteroatoms. The van der Waals surface area contributed by atoms with Gasteiger partial charge in [-0.2, -0.15) is 0 Å². The highest BCUT2D eigenvalue weighted by molar-refractivity contribution is 7.99. The highest BCUT2D eigenvalue weighted by Crippen LogP contribution is 2.27. The van der Waals surface area contributed by atoms with Crippen LogP contribution in [0.3, 0.4) is 0 Å². The average Bonchev–Trinajstić information content (AvgIpc) is 3.65. The van der Waals surface area contributed by atoms with Gasteiger partial charge >= 0.3 is 0 Å². The van der Waals surface area contributed by atoms with Gasteiger partial charge in [0.25, 0.3) is 0 Å². The number of aromatic amines is 2. The first kappa shape index (κ1) is 21.7. The summed E-state index contributed by atoms with van der Waals surface area (Å²) in [6, 6.07) is 22.9. The molecule has 0 bridgehead atoms. The van der Waals surface area contributed by atoms with Crippen LogP contribution in [0.25, 0.3) is 33.3 Å². The van der Waals surface area contributed by atoms with Gasteiger partial charge in [0, 0.05) is 47.2 Å². The van der Waals surface area contributed by atoms with Gasteiger partial charge in [0.1, 0.15) is 5.69 Å². The van der Waals surface area contributed by atoms with E-state index < -0.39 is 0 Å². The Bertz CT molecular complexity index is 1560. The number of aryl methyl sites for hydroxylation is 2. The summed E-state index contributed by atoms with van der Waals surface area (Å²) < 4.78 is 2.24. The molecule has 0 saturated carbocycles. The highest BCUT2D eigenvalue weighted by Gasteiger charge is 2.16. The molecule has 4 aromatic heterocycles.